The molecule has 0 radical (unpaired) electrons. The van der Waals surface area contributed by atoms with Crippen LogP contribution in [0.5, 0.6) is 0 Å². The van der Waals surface area contributed by atoms with Gasteiger partial charge in [0.05, 0.1) is 5.54 Å². The van der Waals surface area contributed by atoms with Crippen LogP contribution in [-0.2, 0) is 5.54 Å². The Morgan fingerprint density at radius 3 is 3.00 bits per heavy atom. The predicted octanol–water partition coefficient (Wildman–Crippen LogP) is 2.33. The Bertz CT molecular complexity index is 364. The monoisotopic (exact) mass is 221 g/mol. The van der Waals surface area contributed by atoms with Gasteiger partial charge in [-0.25, -0.2) is 0 Å². The lowest BCUT2D eigenvalue weighted by Crippen LogP contribution is -2.37. The first-order valence-corrected chi connectivity index (χ1v) is 6.43. The second-order valence-corrected chi connectivity index (χ2v) is 5.09. The third-order valence-corrected chi connectivity index (χ3v) is 3.71. The highest BCUT2D eigenvalue weighted by atomic mass is 16.5. The first-order chi connectivity index (χ1) is 7.84. The molecule has 88 valence electrons. The van der Waals surface area contributed by atoms with E-state index in [-0.39, 0.29) is 5.54 Å². The van der Waals surface area contributed by atoms with Crippen LogP contribution < -0.4 is 5.32 Å². The molecule has 3 rings (SSSR count). The number of nitrogens with zero attached hydrogens (tertiary/aromatic N) is 2. The lowest BCUT2D eigenvalue weighted by atomic mass is 9.92. The highest BCUT2D eigenvalue weighted by Gasteiger charge is 2.41. The molecular weight excluding hydrogens is 202 g/mol. The van der Waals surface area contributed by atoms with Crippen molar-refractivity contribution in [3.63, 3.8) is 0 Å². The lowest BCUT2D eigenvalue weighted by Gasteiger charge is -2.24. The topological polar surface area (TPSA) is 51.0 Å². The summed E-state index contributed by atoms with van der Waals surface area (Å²) in [7, 11) is 0. The molecule has 1 atom stereocenters. The molecule has 0 spiro atoms. The quantitative estimate of drug-likeness (QED) is 0.847. The van der Waals surface area contributed by atoms with E-state index in [2.05, 4.69) is 22.4 Å². The van der Waals surface area contributed by atoms with E-state index in [1.54, 1.807) is 0 Å². The highest BCUT2D eigenvalue weighted by molar-refractivity contribution is 5.10. The fourth-order valence-electron chi connectivity index (χ4n) is 2.67. The Morgan fingerprint density at radius 2 is 2.38 bits per heavy atom. The third-order valence-electron chi connectivity index (χ3n) is 3.71. The van der Waals surface area contributed by atoms with Gasteiger partial charge in [0.25, 0.3) is 0 Å². The fourth-order valence-corrected chi connectivity index (χ4v) is 2.67. The standard InChI is InChI=1S/C12H19N3O/c1-2-6-12(7-3-8-13-12)11-14-10(15-16-11)9-4-5-9/h9,13H,2-8H2,1H3. The van der Waals surface area contributed by atoms with Gasteiger partial charge in [0.1, 0.15) is 0 Å². The van der Waals surface area contributed by atoms with Crippen molar-refractivity contribution in [1.82, 2.24) is 15.5 Å². The first-order valence-electron chi connectivity index (χ1n) is 6.43. The van der Waals surface area contributed by atoms with Crippen LogP contribution in [0.3, 0.4) is 0 Å². The van der Waals surface area contributed by atoms with E-state index >= 15 is 0 Å². The van der Waals surface area contributed by atoms with E-state index in [9.17, 15) is 0 Å². The zero-order chi connectivity index (χ0) is 11.0. The van der Waals surface area contributed by atoms with Gasteiger partial charge in [0.2, 0.25) is 5.89 Å². The SMILES string of the molecule is CCCC1(c2nc(C3CC3)no2)CCCN1. The van der Waals surface area contributed by atoms with Crippen molar-refractivity contribution in [3.05, 3.63) is 11.7 Å². The molecule has 1 saturated carbocycles. The molecule has 4 nitrogen and oxygen atoms in total. The summed E-state index contributed by atoms with van der Waals surface area (Å²) in [5.74, 6) is 2.34. The van der Waals surface area contributed by atoms with Gasteiger partial charge >= 0.3 is 0 Å². The maximum absolute atomic E-state index is 5.48. The molecule has 1 N–H and O–H groups in total. The summed E-state index contributed by atoms with van der Waals surface area (Å²) in [4.78, 5) is 4.60. The van der Waals surface area contributed by atoms with Gasteiger partial charge in [0.15, 0.2) is 5.82 Å². The van der Waals surface area contributed by atoms with Gasteiger partial charge in [-0.3, -0.25) is 0 Å². The van der Waals surface area contributed by atoms with Crippen LogP contribution in [0.4, 0.5) is 0 Å². The fraction of sp³-hybridized carbons (Fsp3) is 0.833. The van der Waals surface area contributed by atoms with Gasteiger partial charge in [0, 0.05) is 5.92 Å². The Balaban J connectivity index is 1.86. The van der Waals surface area contributed by atoms with E-state index in [1.165, 1.54) is 19.3 Å². The molecular formula is C12H19N3O. The van der Waals surface area contributed by atoms with Crippen molar-refractivity contribution in [3.8, 4) is 0 Å². The minimum atomic E-state index is -0.0190. The van der Waals surface area contributed by atoms with Crippen molar-refractivity contribution >= 4 is 0 Å². The van der Waals surface area contributed by atoms with Crippen molar-refractivity contribution in [2.24, 2.45) is 0 Å². The van der Waals surface area contributed by atoms with Crippen molar-refractivity contribution in [1.29, 1.82) is 0 Å². The minimum Gasteiger partial charge on any atom is -0.337 e. The summed E-state index contributed by atoms with van der Waals surface area (Å²) in [5.41, 5.74) is -0.0190. The van der Waals surface area contributed by atoms with Gasteiger partial charge in [-0.15, -0.1) is 0 Å². The van der Waals surface area contributed by atoms with Crippen molar-refractivity contribution in [2.75, 3.05) is 6.54 Å². The summed E-state index contributed by atoms with van der Waals surface area (Å²) < 4.78 is 5.48. The first kappa shape index (κ1) is 10.3. The smallest absolute Gasteiger partial charge is 0.246 e. The molecule has 0 amide bonds. The van der Waals surface area contributed by atoms with Crippen LogP contribution >= 0.6 is 0 Å². The molecule has 0 bridgehead atoms. The van der Waals surface area contributed by atoms with Crippen LogP contribution in [0.1, 0.15) is 63.1 Å². The Kier molecular flexibility index (Phi) is 2.46. The molecule has 0 aromatic carbocycles. The minimum absolute atomic E-state index is 0.0190. The van der Waals surface area contributed by atoms with E-state index in [4.69, 9.17) is 4.52 Å². The predicted molar refractivity (Wildman–Crippen MR) is 60.1 cm³/mol. The third kappa shape index (κ3) is 1.65. The maximum atomic E-state index is 5.48. The van der Waals surface area contributed by atoms with Gasteiger partial charge in [-0.05, 0) is 38.6 Å². The van der Waals surface area contributed by atoms with Gasteiger partial charge in [-0.2, -0.15) is 4.98 Å². The zero-order valence-corrected chi connectivity index (χ0v) is 9.83. The molecule has 1 aromatic rings. The van der Waals surface area contributed by atoms with Crippen LogP contribution in [0, 0.1) is 0 Å². The second kappa shape index (κ2) is 3.84. The zero-order valence-electron chi connectivity index (χ0n) is 9.83. The number of rotatable bonds is 4. The van der Waals surface area contributed by atoms with E-state index in [0.29, 0.717) is 5.92 Å². The van der Waals surface area contributed by atoms with Crippen LogP contribution in [0.15, 0.2) is 4.52 Å². The van der Waals surface area contributed by atoms with Crippen molar-refractivity contribution < 1.29 is 4.52 Å². The molecule has 1 saturated heterocycles. The maximum Gasteiger partial charge on any atom is 0.246 e. The molecule has 2 fully saturated rings. The Hall–Kier alpha value is -0.900. The lowest BCUT2D eigenvalue weighted by molar-refractivity contribution is 0.240. The molecule has 1 aliphatic heterocycles. The summed E-state index contributed by atoms with van der Waals surface area (Å²) >= 11 is 0. The van der Waals surface area contributed by atoms with Crippen LogP contribution in [0.2, 0.25) is 0 Å². The average molecular weight is 221 g/mol. The Labute approximate surface area is 95.8 Å². The number of hydrogen-bond acceptors (Lipinski definition) is 4. The summed E-state index contributed by atoms with van der Waals surface area (Å²) in [6.45, 7) is 3.28. The van der Waals surface area contributed by atoms with Crippen LogP contribution in [-0.4, -0.2) is 16.7 Å². The molecule has 4 heteroatoms. The van der Waals surface area contributed by atoms with Gasteiger partial charge in [-0.1, -0.05) is 18.5 Å². The molecule has 1 aromatic heterocycles. The van der Waals surface area contributed by atoms with E-state index < -0.39 is 0 Å². The van der Waals surface area contributed by atoms with Crippen LogP contribution in [0.25, 0.3) is 0 Å². The van der Waals surface area contributed by atoms with Gasteiger partial charge < -0.3 is 9.84 Å². The molecule has 2 aliphatic rings. The highest BCUT2D eigenvalue weighted by Crippen LogP contribution is 2.40. The largest absolute Gasteiger partial charge is 0.337 e. The summed E-state index contributed by atoms with van der Waals surface area (Å²) in [5, 5.41) is 7.69. The molecule has 2 heterocycles. The number of hydrogen-bond donors (Lipinski definition) is 1. The summed E-state index contributed by atoms with van der Waals surface area (Å²) in [6, 6.07) is 0. The molecule has 1 aliphatic carbocycles. The van der Waals surface area contributed by atoms with E-state index in [0.717, 1.165) is 37.5 Å². The molecule has 1 unspecified atom stereocenters. The van der Waals surface area contributed by atoms with E-state index in [1.807, 2.05) is 0 Å². The second-order valence-electron chi connectivity index (χ2n) is 5.09. The van der Waals surface area contributed by atoms with Crippen molar-refractivity contribution in [2.45, 2.75) is 56.9 Å². The average Bonchev–Trinajstić information content (AvgIpc) is 2.83. The normalized spacial score (nSPS) is 29.8. The number of aromatic nitrogens is 2. The molecule has 16 heavy (non-hydrogen) atoms. The number of nitrogens with one attached hydrogen (secondary N) is 1. The Morgan fingerprint density at radius 1 is 1.50 bits per heavy atom. The summed E-state index contributed by atoms with van der Waals surface area (Å²) in [6.07, 6.45) is 7.04.